The minimum atomic E-state index is -1.45. The molecule has 1 heterocycles. The van der Waals surface area contributed by atoms with E-state index in [0.717, 1.165) is 0 Å². The van der Waals surface area contributed by atoms with Crippen LogP contribution < -0.4 is 9.47 Å². The molecule has 5 nitrogen and oxygen atoms in total. The standard InChI is InChI=1S/C12H14O5/c1-7(11(13)14)12(2,15)8-3-4-9-10(5-8)17-6-16-9/h3-5,7,15H,6H2,1-2H3,(H,13,14). The molecular formula is C12H14O5. The Balaban J connectivity index is 2.36. The number of aliphatic carboxylic acids is 1. The number of aliphatic hydroxyl groups is 1. The van der Waals surface area contributed by atoms with Gasteiger partial charge < -0.3 is 19.7 Å². The zero-order chi connectivity index (χ0) is 12.6. The van der Waals surface area contributed by atoms with Crippen molar-refractivity contribution in [3.8, 4) is 11.5 Å². The van der Waals surface area contributed by atoms with Gasteiger partial charge in [-0.05, 0) is 31.5 Å². The van der Waals surface area contributed by atoms with Gasteiger partial charge in [0.1, 0.15) is 0 Å². The summed E-state index contributed by atoms with van der Waals surface area (Å²) < 4.78 is 10.3. The number of ether oxygens (including phenoxy) is 2. The maximum atomic E-state index is 10.9. The highest BCUT2D eigenvalue weighted by molar-refractivity contribution is 5.71. The summed E-state index contributed by atoms with van der Waals surface area (Å²) in [4.78, 5) is 10.9. The molecule has 1 aliphatic heterocycles. The lowest BCUT2D eigenvalue weighted by atomic mass is 9.84. The third kappa shape index (κ3) is 1.93. The third-order valence-corrected chi connectivity index (χ3v) is 3.17. The molecule has 5 heteroatoms. The Morgan fingerprint density at radius 1 is 1.41 bits per heavy atom. The monoisotopic (exact) mass is 238 g/mol. The summed E-state index contributed by atoms with van der Waals surface area (Å²) in [6, 6.07) is 4.93. The first-order valence-corrected chi connectivity index (χ1v) is 5.28. The summed E-state index contributed by atoms with van der Waals surface area (Å²) in [5, 5.41) is 19.2. The van der Waals surface area contributed by atoms with E-state index in [1.807, 2.05) is 0 Å². The summed E-state index contributed by atoms with van der Waals surface area (Å²) >= 11 is 0. The van der Waals surface area contributed by atoms with Gasteiger partial charge in [0, 0.05) is 0 Å². The Morgan fingerprint density at radius 2 is 2.06 bits per heavy atom. The number of rotatable bonds is 3. The summed E-state index contributed by atoms with van der Waals surface area (Å²) in [7, 11) is 0. The molecule has 0 aromatic heterocycles. The molecule has 92 valence electrons. The van der Waals surface area contributed by atoms with E-state index in [1.54, 1.807) is 18.2 Å². The smallest absolute Gasteiger partial charge is 0.309 e. The van der Waals surface area contributed by atoms with Gasteiger partial charge in [0.15, 0.2) is 11.5 Å². The SMILES string of the molecule is CC(C(=O)O)C(C)(O)c1ccc2c(c1)OCO2. The minimum absolute atomic E-state index is 0.148. The second-order valence-corrected chi connectivity index (χ2v) is 4.28. The fourth-order valence-corrected chi connectivity index (χ4v) is 1.70. The molecule has 2 unspecified atom stereocenters. The molecule has 0 spiro atoms. The lowest BCUT2D eigenvalue weighted by Crippen LogP contribution is -2.35. The second kappa shape index (κ2) is 3.92. The van der Waals surface area contributed by atoms with Gasteiger partial charge in [-0.15, -0.1) is 0 Å². The van der Waals surface area contributed by atoms with Gasteiger partial charge in [-0.2, -0.15) is 0 Å². The first-order chi connectivity index (χ1) is 7.93. The zero-order valence-corrected chi connectivity index (χ0v) is 9.64. The van der Waals surface area contributed by atoms with Gasteiger partial charge in [0.2, 0.25) is 6.79 Å². The van der Waals surface area contributed by atoms with Crippen molar-refractivity contribution in [2.75, 3.05) is 6.79 Å². The normalized spacial score (nSPS) is 18.5. The van der Waals surface area contributed by atoms with E-state index in [-0.39, 0.29) is 6.79 Å². The largest absolute Gasteiger partial charge is 0.481 e. The molecule has 0 aliphatic carbocycles. The first kappa shape index (κ1) is 11.7. The third-order valence-electron chi connectivity index (χ3n) is 3.17. The molecule has 17 heavy (non-hydrogen) atoms. The van der Waals surface area contributed by atoms with E-state index in [9.17, 15) is 9.90 Å². The topological polar surface area (TPSA) is 76.0 Å². The van der Waals surface area contributed by atoms with E-state index in [2.05, 4.69) is 0 Å². The van der Waals surface area contributed by atoms with E-state index in [1.165, 1.54) is 13.8 Å². The summed E-state index contributed by atoms with van der Waals surface area (Å²) in [5.41, 5.74) is -0.955. The van der Waals surface area contributed by atoms with Crippen molar-refractivity contribution in [2.45, 2.75) is 19.4 Å². The number of carboxylic acids is 1. The van der Waals surface area contributed by atoms with E-state index in [0.29, 0.717) is 17.1 Å². The maximum Gasteiger partial charge on any atom is 0.309 e. The first-order valence-electron chi connectivity index (χ1n) is 5.28. The molecule has 1 aromatic carbocycles. The molecule has 2 atom stereocenters. The van der Waals surface area contributed by atoms with E-state index < -0.39 is 17.5 Å². The highest BCUT2D eigenvalue weighted by atomic mass is 16.7. The Labute approximate surface area is 98.6 Å². The van der Waals surface area contributed by atoms with Crippen molar-refractivity contribution >= 4 is 5.97 Å². The predicted molar refractivity (Wildman–Crippen MR) is 58.9 cm³/mol. The van der Waals surface area contributed by atoms with Crippen LogP contribution in [0.4, 0.5) is 0 Å². The van der Waals surface area contributed by atoms with Crippen LogP contribution in [0.5, 0.6) is 11.5 Å². The van der Waals surface area contributed by atoms with Gasteiger partial charge in [0.05, 0.1) is 11.5 Å². The predicted octanol–water partition coefficient (Wildman–Crippen LogP) is 1.34. The van der Waals surface area contributed by atoms with Crippen molar-refractivity contribution in [3.63, 3.8) is 0 Å². The lowest BCUT2D eigenvalue weighted by Gasteiger charge is -2.28. The molecule has 0 radical (unpaired) electrons. The van der Waals surface area contributed by atoms with Crippen molar-refractivity contribution in [1.82, 2.24) is 0 Å². The molecule has 0 fully saturated rings. The Kier molecular flexibility index (Phi) is 2.71. The average molecular weight is 238 g/mol. The minimum Gasteiger partial charge on any atom is -0.481 e. The number of carboxylic acid groups (broad SMARTS) is 1. The number of benzene rings is 1. The molecule has 1 aromatic rings. The van der Waals surface area contributed by atoms with Gasteiger partial charge in [-0.3, -0.25) is 4.79 Å². The fourth-order valence-electron chi connectivity index (χ4n) is 1.70. The number of hydrogen-bond donors (Lipinski definition) is 2. The summed E-state index contributed by atoms with van der Waals surface area (Å²) in [6.45, 7) is 3.09. The van der Waals surface area contributed by atoms with Gasteiger partial charge in [-0.25, -0.2) is 0 Å². The number of fused-ring (bicyclic) bond motifs is 1. The van der Waals surface area contributed by atoms with Gasteiger partial charge >= 0.3 is 5.97 Å². The van der Waals surface area contributed by atoms with Crippen LogP contribution in [-0.4, -0.2) is 23.0 Å². The van der Waals surface area contributed by atoms with Crippen LogP contribution in [0.2, 0.25) is 0 Å². The molecule has 0 saturated carbocycles. The summed E-state index contributed by atoms with van der Waals surface area (Å²) in [6.07, 6.45) is 0. The molecule has 2 rings (SSSR count). The van der Waals surface area contributed by atoms with Crippen LogP contribution in [0.1, 0.15) is 19.4 Å². The highest BCUT2D eigenvalue weighted by Gasteiger charge is 2.36. The lowest BCUT2D eigenvalue weighted by molar-refractivity contribution is -0.150. The molecule has 2 N–H and O–H groups in total. The molecule has 0 amide bonds. The Morgan fingerprint density at radius 3 is 2.71 bits per heavy atom. The fraction of sp³-hybridized carbons (Fsp3) is 0.417. The molecule has 0 saturated heterocycles. The second-order valence-electron chi connectivity index (χ2n) is 4.28. The van der Waals surface area contributed by atoms with Crippen LogP contribution in [0, 0.1) is 5.92 Å². The average Bonchev–Trinajstić information content (AvgIpc) is 2.74. The van der Waals surface area contributed by atoms with Crippen LogP contribution in [-0.2, 0) is 10.4 Å². The van der Waals surface area contributed by atoms with Crippen LogP contribution in [0.15, 0.2) is 18.2 Å². The van der Waals surface area contributed by atoms with Crippen LogP contribution >= 0.6 is 0 Å². The van der Waals surface area contributed by atoms with Crippen molar-refractivity contribution in [2.24, 2.45) is 5.92 Å². The molecule has 1 aliphatic rings. The van der Waals surface area contributed by atoms with E-state index >= 15 is 0 Å². The van der Waals surface area contributed by atoms with Crippen molar-refractivity contribution in [3.05, 3.63) is 23.8 Å². The molecule has 0 bridgehead atoms. The van der Waals surface area contributed by atoms with Gasteiger partial charge in [-0.1, -0.05) is 6.07 Å². The van der Waals surface area contributed by atoms with Gasteiger partial charge in [0.25, 0.3) is 0 Å². The molecular weight excluding hydrogens is 224 g/mol. The number of carbonyl (C=O) groups is 1. The quantitative estimate of drug-likeness (QED) is 0.831. The maximum absolute atomic E-state index is 10.9. The highest BCUT2D eigenvalue weighted by Crippen LogP contribution is 2.38. The van der Waals surface area contributed by atoms with Crippen molar-refractivity contribution in [1.29, 1.82) is 0 Å². The Hall–Kier alpha value is -1.75. The van der Waals surface area contributed by atoms with Crippen LogP contribution in [0.25, 0.3) is 0 Å². The van der Waals surface area contributed by atoms with E-state index in [4.69, 9.17) is 14.6 Å². The zero-order valence-electron chi connectivity index (χ0n) is 9.64. The number of hydrogen-bond acceptors (Lipinski definition) is 4. The Bertz CT molecular complexity index is 452. The van der Waals surface area contributed by atoms with Crippen LogP contribution in [0.3, 0.4) is 0 Å². The summed E-state index contributed by atoms with van der Waals surface area (Å²) in [5.74, 6) is -0.830. The van der Waals surface area contributed by atoms with Crippen molar-refractivity contribution < 1.29 is 24.5 Å².